The molecule has 1 aromatic rings. The highest BCUT2D eigenvalue weighted by atomic mass is 16.5. The van der Waals surface area contributed by atoms with Gasteiger partial charge < -0.3 is 10.1 Å². The average Bonchev–Trinajstić information content (AvgIpc) is 2.41. The molecule has 1 fully saturated rings. The van der Waals surface area contributed by atoms with E-state index < -0.39 is 0 Å². The van der Waals surface area contributed by atoms with Gasteiger partial charge in [-0.25, -0.2) is 0 Å². The molecule has 1 unspecified atom stereocenters. The summed E-state index contributed by atoms with van der Waals surface area (Å²) in [4.78, 5) is 2.56. The molecule has 1 aromatic carbocycles. The van der Waals surface area contributed by atoms with Crippen molar-refractivity contribution in [1.29, 1.82) is 0 Å². The lowest BCUT2D eigenvalue weighted by atomic mass is 9.99. The summed E-state index contributed by atoms with van der Waals surface area (Å²) in [5, 5.41) is 3.17. The summed E-state index contributed by atoms with van der Waals surface area (Å²) >= 11 is 0. The van der Waals surface area contributed by atoms with Crippen molar-refractivity contribution in [1.82, 2.24) is 10.2 Å². The highest BCUT2D eigenvalue weighted by Gasteiger charge is 2.16. The van der Waals surface area contributed by atoms with Crippen LogP contribution >= 0.6 is 0 Å². The van der Waals surface area contributed by atoms with Crippen LogP contribution in [0.4, 0.5) is 0 Å². The van der Waals surface area contributed by atoms with Crippen LogP contribution in [0.2, 0.25) is 0 Å². The molecule has 1 atom stereocenters. The minimum atomic E-state index is 0.833. The van der Waals surface area contributed by atoms with E-state index in [2.05, 4.69) is 35.3 Å². The fraction of sp³-hybridized carbons (Fsp3) is 0.625. The summed E-state index contributed by atoms with van der Waals surface area (Å²) in [6.07, 6.45) is 2.71. The number of nitrogens with one attached hydrogen (secondary N) is 1. The molecule has 1 saturated heterocycles. The highest BCUT2D eigenvalue weighted by molar-refractivity contribution is 5.37. The third-order valence-corrected chi connectivity index (χ3v) is 3.87. The normalized spacial score (nSPS) is 20.5. The van der Waals surface area contributed by atoms with Gasteiger partial charge in [-0.3, -0.25) is 4.90 Å². The fourth-order valence-corrected chi connectivity index (χ4v) is 2.91. The Balaban J connectivity index is 2.04. The lowest BCUT2D eigenvalue weighted by Gasteiger charge is -2.31. The summed E-state index contributed by atoms with van der Waals surface area (Å²) in [6, 6.07) is 6.60. The number of piperidine rings is 1. The second-order valence-electron chi connectivity index (χ2n) is 5.66. The van der Waals surface area contributed by atoms with Gasteiger partial charge in [-0.1, -0.05) is 19.1 Å². The third-order valence-electron chi connectivity index (χ3n) is 3.87. The van der Waals surface area contributed by atoms with Crippen LogP contribution < -0.4 is 10.1 Å². The molecular formula is C16H26N2O. The molecule has 3 nitrogen and oxygen atoms in total. The van der Waals surface area contributed by atoms with Crippen molar-refractivity contribution in [2.75, 3.05) is 27.2 Å². The summed E-state index contributed by atoms with van der Waals surface area (Å²) in [7, 11) is 3.71. The van der Waals surface area contributed by atoms with Crippen LogP contribution in [-0.2, 0) is 13.1 Å². The minimum absolute atomic E-state index is 0.833. The van der Waals surface area contributed by atoms with Gasteiger partial charge in [0.15, 0.2) is 0 Å². The van der Waals surface area contributed by atoms with E-state index in [-0.39, 0.29) is 0 Å². The standard InChI is InChI=1S/C16H26N2O/c1-13-5-4-8-18(11-13)12-14-6-7-15(10-17-2)16(9-14)19-3/h6-7,9,13,17H,4-5,8,10-12H2,1-3H3. The molecule has 1 aliphatic heterocycles. The zero-order valence-electron chi connectivity index (χ0n) is 12.4. The lowest BCUT2D eigenvalue weighted by molar-refractivity contribution is 0.176. The number of ether oxygens (including phenoxy) is 1. The molecule has 1 N–H and O–H groups in total. The minimum Gasteiger partial charge on any atom is -0.496 e. The van der Waals surface area contributed by atoms with Crippen molar-refractivity contribution < 1.29 is 4.74 Å². The quantitative estimate of drug-likeness (QED) is 0.883. The Labute approximate surface area is 116 Å². The Morgan fingerprint density at radius 2 is 2.26 bits per heavy atom. The van der Waals surface area contributed by atoms with Gasteiger partial charge in [-0.05, 0) is 44.0 Å². The molecule has 0 bridgehead atoms. The van der Waals surface area contributed by atoms with Crippen LogP contribution in [0.25, 0.3) is 0 Å². The molecule has 0 radical (unpaired) electrons. The second-order valence-corrected chi connectivity index (χ2v) is 5.66. The fourth-order valence-electron chi connectivity index (χ4n) is 2.91. The number of rotatable bonds is 5. The van der Waals surface area contributed by atoms with Crippen molar-refractivity contribution >= 4 is 0 Å². The molecule has 0 saturated carbocycles. The van der Waals surface area contributed by atoms with E-state index in [4.69, 9.17) is 4.74 Å². The summed E-state index contributed by atoms with van der Waals surface area (Å²) in [6.45, 7) is 6.69. The van der Waals surface area contributed by atoms with Crippen molar-refractivity contribution in [2.45, 2.75) is 32.9 Å². The van der Waals surface area contributed by atoms with Crippen molar-refractivity contribution in [3.8, 4) is 5.75 Å². The van der Waals surface area contributed by atoms with Gasteiger partial charge in [0.05, 0.1) is 7.11 Å². The van der Waals surface area contributed by atoms with Gasteiger partial charge in [0.1, 0.15) is 5.75 Å². The summed E-state index contributed by atoms with van der Waals surface area (Å²) in [5.41, 5.74) is 2.58. The average molecular weight is 262 g/mol. The molecule has 2 rings (SSSR count). The summed E-state index contributed by atoms with van der Waals surface area (Å²) in [5.74, 6) is 1.83. The van der Waals surface area contributed by atoms with E-state index in [1.807, 2.05) is 7.05 Å². The number of likely N-dealkylation sites (tertiary alicyclic amines) is 1. The predicted octanol–water partition coefficient (Wildman–Crippen LogP) is 2.65. The molecular weight excluding hydrogens is 236 g/mol. The first-order valence-corrected chi connectivity index (χ1v) is 7.25. The molecule has 0 spiro atoms. The Morgan fingerprint density at radius 1 is 1.42 bits per heavy atom. The number of methoxy groups -OCH3 is 1. The molecule has 0 aromatic heterocycles. The van der Waals surface area contributed by atoms with E-state index >= 15 is 0 Å². The lowest BCUT2D eigenvalue weighted by Crippen LogP contribution is -2.33. The van der Waals surface area contributed by atoms with Gasteiger partial charge in [0.2, 0.25) is 0 Å². The first kappa shape index (κ1) is 14.4. The number of nitrogens with zero attached hydrogens (tertiary/aromatic N) is 1. The third kappa shape index (κ3) is 3.95. The molecule has 0 aliphatic carbocycles. The Morgan fingerprint density at radius 3 is 2.95 bits per heavy atom. The van der Waals surface area contributed by atoms with Gasteiger partial charge in [0, 0.05) is 25.2 Å². The first-order valence-electron chi connectivity index (χ1n) is 7.25. The zero-order chi connectivity index (χ0) is 13.7. The Hall–Kier alpha value is -1.06. The second kappa shape index (κ2) is 6.92. The van der Waals surface area contributed by atoms with Crippen LogP contribution in [-0.4, -0.2) is 32.1 Å². The molecule has 106 valence electrons. The van der Waals surface area contributed by atoms with E-state index in [1.54, 1.807) is 7.11 Å². The largest absolute Gasteiger partial charge is 0.496 e. The van der Waals surface area contributed by atoms with E-state index in [0.29, 0.717) is 0 Å². The van der Waals surface area contributed by atoms with E-state index in [9.17, 15) is 0 Å². The molecule has 19 heavy (non-hydrogen) atoms. The first-order chi connectivity index (χ1) is 9.22. The SMILES string of the molecule is CNCc1ccc(CN2CCCC(C)C2)cc1OC. The topological polar surface area (TPSA) is 24.5 Å². The Kier molecular flexibility index (Phi) is 5.23. The van der Waals surface area contributed by atoms with Gasteiger partial charge in [-0.15, -0.1) is 0 Å². The van der Waals surface area contributed by atoms with Gasteiger partial charge in [-0.2, -0.15) is 0 Å². The Bertz CT molecular complexity index is 406. The van der Waals surface area contributed by atoms with Crippen LogP contribution in [0.5, 0.6) is 5.75 Å². The molecule has 1 heterocycles. The maximum Gasteiger partial charge on any atom is 0.123 e. The van der Waals surface area contributed by atoms with Gasteiger partial charge in [0.25, 0.3) is 0 Å². The molecule has 1 aliphatic rings. The predicted molar refractivity (Wildman–Crippen MR) is 79.4 cm³/mol. The van der Waals surface area contributed by atoms with E-state index in [1.165, 1.54) is 37.1 Å². The molecule has 0 amide bonds. The number of benzene rings is 1. The monoisotopic (exact) mass is 262 g/mol. The van der Waals surface area contributed by atoms with Crippen molar-refractivity contribution in [3.63, 3.8) is 0 Å². The van der Waals surface area contributed by atoms with Crippen molar-refractivity contribution in [2.24, 2.45) is 5.92 Å². The zero-order valence-corrected chi connectivity index (χ0v) is 12.4. The van der Waals surface area contributed by atoms with Gasteiger partial charge >= 0.3 is 0 Å². The van der Waals surface area contributed by atoms with Crippen LogP contribution in [0.15, 0.2) is 18.2 Å². The maximum atomic E-state index is 5.49. The van der Waals surface area contributed by atoms with E-state index in [0.717, 1.165) is 24.8 Å². The molecule has 3 heteroatoms. The van der Waals surface area contributed by atoms with Crippen LogP contribution in [0, 0.1) is 5.92 Å². The maximum absolute atomic E-state index is 5.49. The smallest absolute Gasteiger partial charge is 0.123 e. The number of hydrogen-bond donors (Lipinski definition) is 1. The van der Waals surface area contributed by atoms with Crippen molar-refractivity contribution in [3.05, 3.63) is 29.3 Å². The number of hydrogen-bond acceptors (Lipinski definition) is 3. The summed E-state index contributed by atoms with van der Waals surface area (Å²) < 4.78 is 5.49. The highest BCUT2D eigenvalue weighted by Crippen LogP contribution is 2.23. The van der Waals surface area contributed by atoms with Crippen LogP contribution in [0.3, 0.4) is 0 Å². The van der Waals surface area contributed by atoms with Crippen LogP contribution in [0.1, 0.15) is 30.9 Å².